The molecule has 0 spiro atoms. The second-order valence-corrected chi connectivity index (χ2v) is 6.25. The van der Waals surface area contributed by atoms with Crippen LogP contribution in [-0.2, 0) is 6.42 Å². The molecule has 9 heteroatoms. The predicted molar refractivity (Wildman–Crippen MR) is 112 cm³/mol. The van der Waals surface area contributed by atoms with E-state index in [1.54, 1.807) is 25.4 Å². The number of guanidine groups is 1. The Bertz CT molecular complexity index is 786. The molecule has 1 aromatic heterocycles. The number of aliphatic imine (C=N–C) groups is 1. The highest BCUT2D eigenvalue weighted by atomic mass is 127. The molecule has 2 atom stereocenters. The number of hydrogen-bond donors (Lipinski definition) is 2. The predicted octanol–water partition coefficient (Wildman–Crippen LogP) is 3.86. The standard InChI is InChI=1S/C19H21F3N4O.HI/c1-23-18(25-11-9-13-6-4-5-10-24-13)26-16-12-15(16)14-7-2-3-8-17(14)27-19(20,21)22;/h2-8,10,15-16H,9,11-12H2,1H3,(H2,23,25,26);1H. The van der Waals surface area contributed by atoms with Gasteiger partial charge in [0, 0.05) is 43.9 Å². The molecule has 1 fully saturated rings. The number of hydrogen-bond acceptors (Lipinski definition) is 3. The van der Waals surface area contributed by atoms with E-state index >= 15 is 0 Å². The lowest BCUT2D eigenvalue weighted by atomic mass is 10.1. The normalized spacial score (nSPS) is 18.8. The third-order valence-electron chi connectivity index (χ3n) is 4.28. The maximum atomic E-state index is 12.6. The van der Waals surface area contributed by atoms with E-state index in [0.29, 0.717) is 18.1 Å². The van der Waals surface area contributed by atoms with Gasteiger partial charge < -0.3 is 15.4 Å². The summed E-state index contributed by atoms with van der Waals surface area (Å²) in [4.78, 5) is 8.43. The van der Waals surface area contributed by atoms with Gasteiger partial charge in [-0.05, 0) is 30.2 Å². The fourth-order valence-electron chi connectivity index (χ4n) is 2.93. The Labute approximate surface area is 178 Å². The molecule has 1 aliphatic rings. The van der Waals surface area contributed by atoms with Gasteiger partial charge in [-0.25, -0.2) is 0 Å². The van der Waals surface area contributed by atoms with Crippen molar-refractivity contribution in [2.45, 2.75) is 31.2 Å². The molecule has 1 aliphatic carbocycles. The van der Waals surface area contributed by atoms with Gasteiger partial charge in [0.1, 0.15) is 5.75 Å². The Balaban J connectivity index is 0.00000280. The van der Waals surface area contributed by atoms with E-state index < -0.39 is 6.36 Å². The first kappa shape index (κ1) is 22.3. The van der Waals surface area contributed by atoms with Crippen molar-refractivity contribution in [3.63, 3.8) is 0 Å². The second-order valence-electron chi connectivity index (χ2n) is 6.25. The van der Waals surface area contributed by atoms with E-state index in [1.165, 1.54) is 12.1 Å². The molecular weight excluding hydrogens is 484 g/mol. The lowest BCUT2D eigenvalue weighted by Crippen LogP contribution is -2.40. The van der Waals surface area contributed by atoms with Crippen LogP contribution in [0.15, 0.2) is 53.7 Å². The van der Waals surface area contributed by atoms with Crippen LogP contribution in [0.3, 0.4) is 0 Å². The minimum Gasteiger partial charge on any atom is -0.405 e. The summed E-state index contributed by atoms with van der Waals surface area (Å²) in [5, 5.41) is 6.45. The zero-order valence-corrected chi connectivity index (χ0v) is 17.6. The molecule has 0 radical (unpaired) electrons. The van der Waals surface area contributed by atoms with E-state index in [-0.39, 0.29) is 41.7 Å². The van der Waals surface area contributed by atoms with Crippen LogP contribution in [0.5, 0.6) is 5.75 Å². The van der Waals surface area contributed by atoms with E-state index in [4.69, 9.17) is 0 Å². The quantitative estimate of drug-likeness (QED) is 0.355. The van der Waals surface area contributed by atoms with Crippen molar-refractivity contribution in [2.75, 3.05) is 13.6 Å². The van der Waals surface area contributed by atoms with Crippen LogP contribution in [0.25, 0.3) is 0 Å². The first-order valence-corrected chi connectivity index (χ1v) is 8.68. The van der Waals surface area contributed by atoms with Gasteiger partial charge >= 0.3 is 6.36 Å². The number of alkyl halides is 3. The fraction of sp³-hybridized carbons (Fsp3) is 0.368. The van der Waals surface area contributed by atoms with Crippen molar-refractivity contribution in [1.29, 1.82) is 0 Å². The first-order valence-electron chi connectivity index (χ1n) is 8.68. The Hall–Kier alpha value is -2.04. The van der Waals surface area contributed by atoms with Crippen LogP contribution in [0, 0.1) is 0 Å². The minimum absolute atomic E-state index is 0. The molecule has 5 nitrogen and oxygen atoms in total. The Kier molecular flexibility index (Phi) is 7.90. The van der Waals surface area contributed by atoms with Gasteiger partial charge in [0.05, 0.1) is 0 Å². The van der Waals surface area contributed by atoms with Crippen LogP contribution in [-0.4, -0.2) is 36.9 Å². The number of aromatic nitrogens is 1. The number of pyridine rings is 1. The van der Waals surface area contributed by atoms with Gasteiger partial charge in [0.25, 0.3) is 0 Å². The molecule has 152 valence electrons. The summed E-state index contributed by atoms with van der Waals surface area (Å²) < 4.78 is 41.9. The number of nitrogens with zero attached hydrogens (tertiary/aromatic N) is 2. The molecule has 1 aromatic carbocycles. The summed E-state index contributed by atoms with van der Waals surface area (Å²) in [6.45, 7) is 0.655. The number of halogens is 4. The third kappa shape index (κ3) is 6.54. The fourth-order valence-corrected chi connectivity index (χ4v) is 2.93. The van der Waals surface area contributed by atoms with Gasteiger partial charge in [-0.15, -0.1) is 37.1 Å². The monoisotopic (exact) mass is 506 g/mol. The van der Waals surface area contributed by atoms with Crippen molar-refractivity contribution in [3.05, 3.63) is 59.9 Å². The number of para-hydroxylation sites is 1. The SMILES string of the molecule is CN=C(NCCc1ccccn1)NC1CC1c1ccccc1OC(F)(F)F.I. The molecule has 2 N–H and O–H groups in total. The van der Waals surface area contributed by atoms with Crippen LogP contribution >= 0.6 is 24.0 Å². The molecular formula is C19H22F3IN4O. The van der Waals surface area contributed by atoms with E-state index in [2.05, 4.69) is 25.3 Å². The number of ether oxygens (including phenoxy) is 1. The van der Waals surface area contributed by atoms with Crippen LogP contribution in [0.1, 0.15) is 23.6 Å². The average molecular weight is 506 g/mol. The first-order chi connectivity index (χ1) is 13.0. The molecule has 0 bridgehead atoms. The summed E-state index contributed by atoms with van der Waals surface area (Å²) in [7, 11) is 1.66. The average Bonchev–Trinajstić information content (AvgIpc) is 3.40. The van der Waals surface area contributed by atoms with Gasteiger partial charge in [0.15, 0.2) is 5.96 Å². The molecule has 3 rings (SSSR count). The number of benzene rings is 1. The van der Waals surface area contributed by atoms with E-state index in [0.717, 1.165) is 18.5 Å². The molecule has 1 heterocycles. The molecule has 0 aliphatic heterocycles. The highest BCUT2D eigenvalue weighted by molar-refractivity contribution is 14.0. The van der Waals surface area contributed by atoms with E-state index in [9.17, 15) is 13.2 Å². The van der Waals surface area contributed by atoms with Crippen LogP contribution in [0.4, 0.5) is 13.2 Å². The maximum Gasteiger partial charge on any atom is 0.573 e. The van der Waals surface area contributed by atoms with Crippen molar-refractivity contribution < 1.29 is 17.9 Å². The maximum absolute atomic E-state index is 12.6. The Morgan fingerprint density at radius 2 is 1.96 bits per heavy atom. The Morgan fingerprint density at radius 3 is 2.64 bits per heavy atom. The van der Waals surface area contributed by atoms with Crippen molar-refractivity contribution in [1.82, 2.24) is 15.6 Å². The largest absolute Gasteiger partial charge is 0.573 e. The number of nitrogens with one attached hydrogen (secondary N) is 2. The van der Waals surface area contributed by atoms with Crippen molar-refractivity contribution in [3.8, 4) is 5.75 Å². The van der Waals surface area contributed by atoms with Crippen molar-refractivity contribution >= 4 is 29.9 Å². The molecule has 2 aromatic rings. The lowest BCUT2D eigenvalue weighted by Gasteiger charge is -2.14. The summed E-state index contributed by atoms with van der Waals surface area (Å²) in [5.74, 6) is 0.433. The van der Waals surface area contributed by atoms with Gasteiger partial charge in [-0.1, -0.05) is 24.3 Å². The molecule has 2 unspecified atom stereocenters. The minimum atomic E-state index is -4.70. The summed E-state index contributed by atoms with van der Waals surface area (Å²) in [6, 6.07) is 12.0. The zero-order valence-electron chi connectivity index (χ0n) is 15.2. The van der Waals surface area contributed by atoms with Gasteiger partial charge in [0.2, 0.25) is 0 Å². The second kappa shape index (κ2) is 9.94. The zero-order chi connectivity index (χ0) is 19.3. The summed E-state index contributed by atoms with van der Waals surface area (Å²) in [5.41, 5.74) is 1.53. The summed E-state index contributed by atoms with van der Waals surface area (Å²) >= 11 is 0. The lowest BCUT2D eigenvalue weighted by molar-refractivity contribution is -0.274. The molecule has 1 saturated carbocycles. The van der Waals surface area contributed by atoms with Crippen LogP contribution < -0.4 is 15.4 Å². The highest BCUT2D eigenvalue weighted by Gasteiger charge is 2.42. The van der Waals surface area contributed by atoms with E-state index in [1.807, 2.05) is 18.2 Å². The number of rotatable bonds is 6. The van der Waals surface area contributed by atoms with Gasteiger partial charge in [-0.2, -0.15) is 0 Å². The third-order valence-corrected chi connectivity index (χ3v) is 4.28. The van der Waals surface area contributed by atoms with Crippen molar-refractivity contribution in [2.24, 2.45) is 4.99 Å². The summed E-state index contributed by atoms with van der Waals surface area (Å²) in [6.07, 6.45) is -1.48. The van der Waals surface area contributed by atoms with Crippen LogP contribution in [0.2, 0.25) is 0 Å². The molecule has 28 heavy (non-hydrogen) atoms. The molecule has 0 amide bonds. The topological polar surface area (TPSA) is 58.5 Å². The Morgan fingerprint density at radius 1 is 1.21 bits per heavy atom. The molecule has 0 saturated heterocycles. The highest BCUT2D eigenvalue weighted by Crippen LogP contribution is 2.45. The van der Waals surface area contributed by atoms with Gasteiger partial charge in [-0.3, -0.25) is 9.98 Å². The smallest absolute Gasteiger partial charge is 0.405 e.